The molecule has 20 heavy (non-hydrogen) atoms. The van der Waals surface area contributed by atoms with Gasteiger partial charge in [0.2, 0.25) is 0 Å². The van der Waals surface area contributed by atoms with Crippen LogP contribution in [0.3, 0.4) is 0 Å². The van der Waals surface area contributed by atoms with Gasteiger partial charge in [-0.2, -0.15) is 0 Å². The zero-order valence-electron chi connectivity index (χ0n) is 11.6. The maximum Gasteiger partial charge on any atom is 0.137 e. The lowest BCUT2D eigenvalue weighted by atomic mass is 9.95. The van der Waals surface area contributed by atoms with E-state index in [4.69, 9.17) is 11.6 Å². The molecule has 3 heteroatoms. The van der Waals surface area contributed by atoms with Gasteiger partial charge in [-0.3, -0.25) is 0 Å². The molecule has 1 atom stereocenters. The Bertz CT molecular complexity index is 610. The fraction of sp³-hybridized carbons (Fsp3) is 0.294. The topological polar surface area (TPSA) is 0 Å². The summed E-state index contributed by atoms with van der Waals surface area (Å²) in [7, 11) is 0. The summed E-state index contributed by atoms with van der Waals surface area (Å²) >= 11 is 9.75. The van der Waals surface area contributed by atoms with Crippen molar-refractivity contribution < 1.29 is 4.39 Å². The normalized spacial score (nSPS) is 12.4. The van der Waals surface area contributed by atoms with Gasteiger partial charge < -0.3 is 0 Å². The van der Waals surface area contributed by atoms with Gasteiger partial charge in [-0.1, -0.05) is 38.1 Å². The molecule has 0 fully saturated rings. The third-order valence-electron chi connectivity index (χ3n) is 3.51. The van der Waals surface area contributed by atoms with Crippen LogP contribution in [0.5, 0.6) is 0 Å². The number of benzene rings is 2. The van der Waals surface area contributed by atoms with Gasteiger partial charge in [0.25, 0.3) is 0 Å². The van der Waals surface area contributed by atoms with Gasteiger partial charge in [0.15, 0.2) is 0 Å². The van der Waals surface area contributed by atoms with E-state index in [2.05, 4.69) is 48.0 Å². The van der Waals surface area contributed by atoms with E-state index in [0.717, 1.165) is 24.0 Å². The zero-order valence-corrected chi connectivity index (χ0v) is 13.9. The molecule has 1 unspecified atom stereocenters. The number of alkyl halides is 1. The first kappa shape index (κ1) is 15.5. The summed E-state index contributed by atoms with van der Waals surface area (Å²) in [5.74, 6) is -0.280. The SMILES string of the molecule is CCc1ccc(CC)c(C(Cl)c2ccc(Br)c(F)c2)c1. The van der Waals surface area contributed by atoms with Gasteiger partial charge in [0.1, 0.15) is 5.82 Å². The number of halogens is 3. The molecule has 0 aromatic heterocycles. The Morgan fingerprint density at radius 2 is 1.85 bits per heavy atom. The van der Waals surface area contributed by atoms with Gasteiger partial charge in [-0.15, -0.1) is 11.6 Å². The smallest absolute Gasteiger partial charge is 0.137 e. The molecule has 0 saturated carbocycles. The van der Waals surface area contributed by atoms with Crippen molar-refractivity contribution in [3.63, 3.8) is 0 Å². The Morgan fingerprint density at radius 1 is 1.10 bits per heavy atom. The van der Waals surface area contributed by atoms with Crippen molar-refractivity contribution in [2.45, 2.75) is 32.1 Å². The van der Waals surface area contributed by atoms with E-state index in [1.807, 2.05) is 6.07 Å². The van der Waals surface area contributed by atoms with Crippen molar-refractivity contribution in [3.8, 4) is 0 Å². The Labute approximate surface area is 133 Å². The second-order valence-electron chi connectivity index (χ2n) is 4.78. The predicted molar refractivity (Wildman–Crippen MR) is 87.0 cm³/mol. The number of rotatable bonds is 4. The van der Waals surface area contributed by atoms with Crippen LogP contribution in [-0.4, -0.2) is 0 Å². The quantitative estimate of drug-likeness (QED) is 0.586. The molecule has 106 valence electrons. The summed E-state index contributed by atoms with van der Waals surface area (Å²) in [6, 6.07) is 11.5. The zero-order chi connectivity index (χ0) is 14.7. The molecule has 0 nitrogen and oxygen atoms in total. The third kappa shape index (κ3) is 3.24. The maximum atomic E-state index is 13.7. The monoisotopic (exact) mass is 354 g/mol. The second kappa shape index (κ2) is 6.73. The molecule has 0 bridgehead atoms. The van der Waals surface area contributed by atoms with Crippen molar-refractivity contribution in [3.05, 3.63) is 68.9 Å². The van der Waals surface area contributed by atoms with Crippen LogP contribution in [-0.2, 0) is 12.8 Å². The Morgan fingerprint density at radius 3 is 2.45 bits per heavy atom. The largest absolute Gasteiger partial charge is 0.206 e. The van der Waals surface area contributed by atoms with Crippen LogP contribution >= 0.6 is 27.5 Å². The molecular formula is C17H17BrClF. The van der Waals surface area contributed by atoms with E-state index in [-0.39, 0.29) is 11.2 Å². The van der Waals surface area contributed by atoms with E-state index in [0.29, 0.717) is 4.47 Å². The number of aryl methyl sites for hydroxylation is 2. The van der Waals surface area contributed by atoms with Crippen LogP contribution in [0.1, 0.15) is 41.5 Å². The standard InChI is InChI=1S/C17H17BrClF/c1-3-11-5-6-12(4-2)14(9-11)17(19)13-7-8-15(18)16(20)10-13/h5-10,17H,3-4H2,1-2H3. The maximum absolute atomic E-state index is 13.7. The molecule has 0 heterocycles. The summed E-state index contributed by atoms with van der Waals surface area (Å²) in [4.78, 5) is 0. The van der Waals surface area contributed by atoms with Gasteiger partial charge >= 0.3 is 0 Å². The van der Waals surface area contributed by atoms with E-state index >= 15 is 0 Å². The highest BCUT2D eigenvalue weighted by Gasteiger charge is 2.16. The van der Waals surface area contributed by atoms with Gasteiger partial charge in [-0.05, 0) is 63.2 Å². The van der Waals surface area contributed by atoms with Gasteiger partial charge in [-0.25, -0.2) is 4.39 Å². The molecule has 2 aromatic rings. The molecule has 0 N–H and O–H groups in total. The highest BCUT2D eigenvalue weighted by molar-refractivity contribution is 9.10. The first-order valence-electron chi connectivity index (χ1n) is 6.77. The summed E-state index contributed by atoms with van der Waals surface area (Å²) < 4.78 is 14.1. The van der Waals surface area contributed by atoms with Gasteiger partial charge in [0.05, 0.1) is 9.85 Å². The molecule has 0 amide bonds. The lowest BCUT2D eigenvalue weighted by Crippen LogP contribution is -2.00. The fourth-order valence-corrected chi connectivity index (χ4v) is 2.86. The molecule has 0 saturated heterocycles. The molecule has 0 spiro atoms. The van der Waals surface area contributed by atoms with Crippen molar-refractivity contribution >= 4 is 27.5 Å². The number of hydrogen-bond donors (Lipinski definition) is 0. The molecule has 2 rings (SSSR count). The molecular weight excluding hydrogens is 339 g/mol. The lowest BCUT2D eigenvalue weighted by molar-refractivity contribution is 0.619. The molecule has 0 aliphatic rings. The summed E-state index contributed by atoms with van der Waals surface area (Å²) in [6.07, 6.45) is 1.89. The third-order valence-corrected chi connectivity index (χ3v) is 4.64. The average Bonchev–Trinajstić information content (AvgIpc) is 2.48. The number of hydrogen-bond acceptors (Lipinski definition) is 0. The van der Waals surface area contributed by atoms with Crippen LogP contribution in [0, 0.1) is 5.82 Å². The highest BCUT2D eigenvalue weighted by atomic mass is 79.9. The van der Waals surface area contributed by atoms with Crippen molar-refractivity contribution in [1.29, 1.82) is 0 Å². The molecule has 0 radical (unpaired) electrons. The average molecular weight is 356 g/mol. The van der Waals surface area contributed by atoms with Crippen LogP contribution < -0.4 is 0 Å². The van der Waals surface area contributed by atoms with Crippen molar-refractivity contribution in [2.75, 3.05) is 0 Å². The Balaban J connectivity index is 2.45. The van der Waals surface area contributed by atoms with Crippen LogP contribution in [0.15, 0.2) is 40.9 Å². The van der Waals surface area contributed by atoms with Crippen LogP contribution in [0.2, 0.25) is 0 Å². The van der Waals surface area contributed by atoms with E-state index in [1.165, 1.54) is 17.2 Å². The predicted octanol–water partition coefficient (Wildman–Crippen LogP) is 6.04. The lowest BCUT2D eigenvalue weighted by Gasteiger charge is -2.16. The summed E-state index contributed by atoms with van der Waals surface area (Å²) in [5.41, 5.74) is 4.33. The first-order valence-corrected chi connectivity index (χ1v) is 8.00. The summed E-state index contributed by atoms with van der Waals surface area (Å²) in [6.45, 7) is 4.23. The second-order valence-corrected chi connectivity index (χ2v) is 6.07. The first-order chi connectivity index (χ1) is 9.56. The van der Waals surface area contributed by atoms with E-state index < -0.39 is 0 Å². The molecule has 0 aliphatic heterocycles. The van der Waals surface area contributed by atoms with E-state index in [9.17, 15) is 4.39 Å². The van der Waals surface area contributed by atoms with Crippen LogP contribution in [0.25, 0.3) is 0 Å². The minimum Gasteiger partial charge on any atom is -0.206 e. The minimum absolute atomic E-state index is 0.280. The fourth-order valence-electron chi connectivity index (χ4n) is 2.27. The Hall–Kier alpha value is -0.860. The minimum atomic E-state index is -0.320. The van der Waals surface area contributed by atoms with Crippen molar-refractivity contribution in [1.82, 2.24) is 0 Å². The van der Waals surface area contributed by atoms with Crippen LogP contribution in [0.4, 0.5) is 4.39 Å². The summed E-state index contributed by atoms with van der Waals surface area (Å²) in [5, 5.41) is -0.320. The van der Waals surface area contributed by atoms with Crippen molar-refractivity contribution in [2.24, 2.45) is 0 Å². The van der Waals surface area contributed by atoms with E-state index in [1.54, 1.807) is 6.07 Å². The molecule has 2 aromatic carbocycles. The van der Waals surface area contributed by atoms with Gasteiger partial charge in [0, 0.05) is 0 Å². The Kier molecular flexibility index (Phi) is 5.22. The molecule has 0 aliphatic carbocycles. The highest BCUT2D eigenvalue weighted by Crippen LogP contribution is 2.33.